The van der Waals surface area contributed by atoms with Crippen LogP contribution in [0.2, 0.25) is 0 Å². The summed E-state index contributed by atoms with van der Waals surface area (Å²) in [5.41, 5.74) is 5.13. The Kier molecular flexibility index (Phi) is 3.33. The number of hydrogen-bond acceptors (Lipinski definition) is 2. The zero-order chi connectivity index (χ0) is 13.4. The number of benzene rings is 1. The summed E-state index contributed by atoms with van der Waals surface area (Å²) < 4.78 is 10.5. The molecule has 108 valence electrons. The highest BCUT2D eigenvalue weighted by molar-refractivity contribution is 5.77. The molecular formula is C18H24O2. The fraction of sp³-hybridized carbons (Fsp3) is 0.667. The van der Waals surface area contributed by atoms with Gasteiger partial charge in [-0.3, -0.25) is 9.15 Å². The van der Waals surface area contributed by atoms with E-state index in [0.717, 1.165) is 17.1 Å². The zero-order valence-electron chi connectivity index (χ0n) is 12.2. The van der Waals surface area contributed by atoms with Crippen molar-refractivity contribution in [2.24, 2.45) is 0 Å². The van der Waals surface area contributed by atoms with Crippen molar-refractivity contribution in [3.05, 3.63) is 23.3 Å². The Bertz CT molecular complexity index is 565. The molecule has 2 aliphatic carbocycles. The van der Waals surface area contributed by atoms with Crippen LogP contribution in [-0.2, 0) is 0 Å². The smallest absolute Gasteiger partial charge is 0.229 e. The van der Waals surface area contributed by atoms with Gasteiger partial charge < -0.3 is 0 Å². The third-order valence-corrected chi connectivity index (χ3v) is 5.47. The van der Waals surface area contributed by atoms with E-state index in [1.165, 1.54) is 69.8 Å². The first-order valence-corrected chi connectivity index (χ1v) is 8.45. The minimum atomic E-state index is 0.708. The molecule has 0 atom stereocenters. The number of rotatable bonds is 2. The Morgan fingerprint density at radius 3 is 1.95 bits per heavy atom. The van der Waals surface area contributed by atoms with Gasteiger partial charge in [0.2, 0.25) is 11.2 Å². The maximum Gasteiger partial charge on any atom is 0.229 e. The van der Waals surface area contributed by atoms with Crippen molar-refractivity contribution in [2.45, 2.75) is 76.0 Å². The summed E-state index contributed by atoms with van der Waals surface area (Å²) in [6, 6.07) is 4.45. The fourth-order valence-corrected chi connectivity index (χ4v) is 4.38. The van der Waals surface area contributed by atoms with Crippen molar-refractivity contribution in [1.29, 1.82) is 0 Å². The summed E-state index contributed by atoms with van der Waals surface area (Å²) in [5.74, 6) is 1.47. The van der Waals surface area contributed by atoms with E-state index in [9.17, 15) is 0 Å². The first-order chi connectivity index (χ1) is 9.93. The van der Waals surface area contributed by atoms with Crippen LogP contribution < -0.4 is 0 Å². The summed E-state index contributed by atoms with van der Waals surface area (Å²) in [7, 11) is 0. The maximum absolute atomic E-state index is 5.39. The van der Waals surface area contributed by atoms with Gasteiger partial charge in [0.25, 0.3) is 0 Å². The first-order valence-electron chi connectivity index (χ1n) is 8.45. The third-order valence-electron chi connectivity index (χ3n) is 5.47. The molecule has 2 aliphatic rings. The molecule has 0 unspecified atom stereocenters. The van der Waals surface area contributed by atoms with Crippen molar-refractivity contribution in [2.75, 3.05) is 0 Å². The zero-order valence-corrected chi connectivity index (χ0v) is 12.2. The van der Waals surface area contributed by atoms with Crippen LogP contribution in [-0.4, -0.2) is 0 Å². The van der Waals surface area contributed by atoms with Crippen LogP contribution >= 0.6 is 0 Å². The molecule has 0 saturated heterocycles. The van der Waals surface area contributed by atoms with Crippen molar-refractivity contribution < 1.29 is 9.15 Å². The van der Waals surface area contributed by atoms with E-state index in [-0.39, 0.29) is 0 Å². The molecule has 0 radical (unpaired) electrons. The van der Waals surface area contributed by atoms with Crippen molar-refractivity contribution >= 4 is 11.2 Å². The molecule has 2 saturated carbocycles. The summed E-state index contributed by atoms with van der Waals surface area (Å²) in [5, 5.41) is 0. The highest BCUT2D eigenvalue weighted by Gasteiger charge is 2.28. The Morgan fingerprint density at radius 2 is 1.35 bits per heavy atom. The van der Waals surface area contributed by atoms with Crippen LogP contribution in [0.1, 0.15) is 87.2 Å². The van der Waals surface area contributed by atoms with E-state index < -0.39 is 0 Å². The maximum atomic E-state index is 5.39. The highest BCUT2D eigenvalue weighted by Crippen LogP contribution is 2.44. The van der Waals surface area contributed by atoms with Crippen LogP contribution in [0.3, 0.4) is 0 Å². The summed E-state index contributed by atoms with van der Waals surface area (Å²) in [6.07, 6.45) is 13.7. The van der Waals surface area contributed by atoms with Gasteiger partial charge in [0.05, 0.1) is 0 Å². The monoisotopic (exact) mass is 272 g/mol. The van der Waals surface area contributed by atoms with Crippen LogP contribution in [0.4, 0.5) is 0 Å². The molecule has 0 spiro atoms. The first kappa shape index (κ1) is 12.6. The van der Waals surface area contributed by atoms with Gasteiger partial charge in [0.15, 0.2) is 0 Å². The molecule has 0 bridgehead atoms. The number of hydrogen-bond donors (Lipinski definition) is 0. The molecule has 1 aromatic heterocycles. The molecule has 0 N–H and O–H groups in total. The summed E-state index contributed by atoms with van der Waals surface area (Å²) >= 11 is 0. The second-order valence-electron chi connectivity index (χ2n) is 6.73. The summed E-state index contributed by atoms with van der Waals surface area (Å²) in [6.45, 7) is 0. The average molecular weight is 272 g/mol. The molecule has 4 rings (SSSR count). The SMILES string of the molecule is c1cc2ooc2c(C2CCCCC2)c1C1CCCCC1. The molecule has 1 heterocycles. The minimum Gasteiger partial charge on any atom is -0.286 e. The molecule has 2 nitrogen and oxygen atoms in total. The van der Waals surface area contributed by atoms with E-state index in [2.05, 4.69) is 12.1 Å². The summed E-state index contributed by atoms with van der Waals surface area (Å²) in [4.78, 5) is 0. The lowest BCUT2D eigenvalue weighted by molar-refractivity contribution is 0.0573. The number of fused-ring (bicyclic) bond motifs is 1. The Labute approximate surface area is 120 Å². The molecule has 2 heteroatoms. The topological polar surface area (TPSA) is 26.3 Å². The molecule has 2 aromatic rings. The lowest BCUT2D eigenvalue weighted by atomic mass is 9.75. The van der Waals surface area contributed by atoms with Crippen LogP contribution in [0.15, 0.2) is 21.3 Å². The molecule has 0 aliphatic heterocycles. The second-order valence-corrected chi connectivity index (χ2v) is 6.73. The van der Waals surface area contributed by atoms with E-state index in [1.807, 2.05) is 0 Å². The third kappa shape index (κ3) is 2.10. The minimum absolute atomic E-state index is 0.708. The normalized spacial score (nSPS) is 22.6. The van der Waals surface area contributed by atoms with E-state index in [0.29, 0.717) is 5.92 Å². The lowest BCUT2D eigenvalue weighted by Crippen LogP contribution is -2.13. The molecule has 2 fully saturated rings. The van der Waals surface area contributed by atoms with E-state index >= 15 is 0 Å². The fourth-order valence-electron chi connectivity index (χ4n) is 4.38. The van der Waals surface area contributed by atoms with Gasteiger partial charge in [0, 0.05) is 5.56 Å². The van der Waals surface area contributed by atoms with Crippen molar-refractivity contribution in [3.8, 4) is 0 Å². The van der Waals surface area contributed by atoms with Crippen molar-refractivity contribution in [3.63, 3.8) is 0 Å². The predicted octanol–water partition coefficient (Wildman–Crippen LogP) is 6.12. The van der Waals surface area contributed by atoms with Gasteiger partial charge in [0.1, 0.15) is 0 Å². The highest BCUT2D eigenvalue weighted by atomic mass is 17.0. The van der Waals surface area contributed by atoms with Crippen LogP contribution in [0.25, 0.3) is 11.2 Å². The standard InChI is InChI=1S/C18H24O2/c1-3-7-13(8-4-1)15-11-12-16-18(20-19-16)17(15)14-9-5-2-6-10-14/h11-14H,1-10H2. The predicted molar refractivity (Wildman–Crippen MR) is 80.1 cm³/mol. The second kappa shape index (κ2) is 5.31. The Hall–Kier alpha value is -1.18. The van der Waals surface area contributed by atoms with Gasteiger partial charge in [-0.25, -0.2) is 0 Å². The van der Waals surface area contributed by atoms with E-state index in [1.54, 1.807) is 5.56 Å². The van der Waals surface area contributed by atoms with Gasteiger partial charge in [-0.1, -0.05) is 44.6 Å². The molecule has 20 heavy (non-hydrogen) atoms. The molecular weight excluding hydrogens is 248 g/mol. The van der Waals surface area contributed by atoms with Crippen LogP contribution in [0.5, 0.6) is 0 Å². The Balaban J connectivity index is 1.74. The average Bonchev–Trinajstić information content (AvgIpc) is 2.50. The quantitative estimate of drug-likeness (QED) is 0.615. The molecule has 1 aromatic carbocycles. The lowest BCUT2D eigenvalue weighted by Gasteiger charge is -2.29. The van der Waals surface area contributed by atoms with Crippen LogP contribution in [0, 0.1) is 0 Å². The van der Waals surface area contributed by atoms with Crippen molar-refractivity contribution in [1.82, 2.24) is 0 Å². The largest absolute Gasteiger partial charge is 0.286 e. The van der Waals surface area contributed by atoms with Gasteiger partial charge >= 0.3 is 0 Å². The van der Waals surface area contributed by atoms with Gasteiger partial charge in [-0.05, 0) is 49.1 Å². The molecule has 0 amide bonds. The Morgan fingerprint density at radius 1 is 0.700 bits per heavy atom. The van der Waals surface area contributed by atoms with Gasteiger partial charge in [-0.2, -0.15) is 0 Å². The van der Waals surface area contributed by atoms with E-state index in [4.69, 9.17) is 9.15 Å². The van der Waals surface area contributed by atoms with Gasteiger partial charge in [-0.15, -0.1) is 0 Å².